The number of H-pyrrole nitrogens is 1. The highest BCUT2D eigenvalue weighted by Crippen LogP contribution is 2.43. The number of anilines is 3. The highest BCUT2D eigenvalue weighted by atomic mass is 19.1. The lowest BCUT2D eigenvalue weighted by atomic mass is 9.96. The largest absolute Gasteiger partial charge is 0.365 e. The second-order valence-corrected chi connectivity index (χ2v) is 10.2. The molecule has 2 aromatic heterocycles. The van der Waals surface area contributed by atoms with Gasteiger partial charge in [0.15, 0.2) is 23.8 Å². The quantitative estimate of drug-likeness (QED) is 0.515. The molecule has 2 aliphatic rings. The minimum atomic E-state index is -0.771. The Labute approximate surface area is 194 Å². The molecule has 1 fully saturated rings. The van der Waals surface area contributed by atoms with Crippen molar-refractivity contribution in [3.8, 4) is 0 Å². The fraction of sp³-hybridized carbons (Fsp3) is 0.682. The van der Waals surface area contributed by atoms with Crippen LogP contribution in [0.1, 0.15) is 52.8 Å². The maximum absolute atomic E-state index is 14.4. The van der Waals surface area contributed by atoms with E-state index in [2.05, 4.69) is 87.2 Å². The van der Waals surface area contributed by atoms with Crippen LogP contribution in [0, 0.1) is 5.82 Å². The molecule has 2 atom stereocenters. The number of hydrogen-bond donors (Lipinski definition) is 4. The molecule has 0 amide bonds. The Morgan fingerprint density at radius 2 is 2.03 bits per heavy atom. The number of nitrogens with one attached hydrogen (secondary N) is 3. The number of aromatic amines is 1. The number of nitrogens with zero attached hydrogens (tertiary/aromatic N) is 6. The number of halogens is 1. The number of aliphatic hydroxyl groups excluding tert-OH is 1. The van der Waals surface area contributed by atoms with E-state index in [1.807, 2.05) is 6.92 Å². The minimum Gasteiger partial charge on any atom is -0.365 e. The molecule has 4 rings (SSSR count). The van der Waals surface area contributed by atoms with Gasteiger partial charge in [-0.25, -0.2) is 9.37 Å². The van der Waals surface area contributed by atoms with Crippen LogP contribution in [0.4, 0.5) is 22.0 Å². The molecule has 4 N–H and O–H groups in total. The zero-order valence-corrected chi connectivity index (χ0v) is 20.6. The third-order valence-corrected chi connectivity index (χ3v) is 7.12. The number of rotatable bonds is 6. The summed E-state index contributed by atoms with van der Waals surface area (Å²) in [6.45, 7) is 15.3. The molecular formula is C22H36FN9O. The van der Waals surface area contributed by atoms with Gasteiger partial charge in [-0.15, -0.1) is 0 Å². The summed E-state index contributed by atoms with van der Waals surface area (Å²) in [5.41, 5.74) is 1.25. The van der Waals surface area contributed by atoms with Gasteiger partial charge in [0, 0.05) is 43.3 Å². The van der Waals surface area contributed by atoms with E-state index in [0.717, 1.165) is 30.5 Å². The van der Waals surface area contributed by atoms with Crippen LogP contribution in [0.15, 0.2) is 6.20 Å². The Kier molecular flexibility index (Phi) is 6.10. The fourth-order valence-electron chi connectivity index (χ4n) is 4.78. The van der Waals surface area contributed by atoms with Crippen LogP contribution in [0.25, 0.3) is 0 Å². The summed E-state index contributed by atoms with van der Waals surface area (Å²) in [6, 6.07) is 0.197. The van der Waals surface area contributed by atoms with Crippen molar-refractivity contribution in [3.05, 3.63) is 23.3 Å². The van der Waals surface area contributed by atoms with Crippen LogP contribution >= 0.6 is 0 Å². The summed E-state index contributed by atoms with van der Waals surface area (Å²) in [7, 11) is 2.13. The van der Waals surface area contributed by atoms with Crippen molar-refractivity contribution in [1.82, 2.24) is 34.9 Å². The van der Waals surface area contributed by atoms with Crippen molar-refractivity contribution in [2.24, 2.45) is 0 Å². The van der Waals surface area contributed by atoms with Gasteiger partial charge >= 0.3 is 0 Å². The third-order valence-electron chi connectivity index (χ3n) is 7.12. The van der Waals surface area contributed by atoms with Crippen molar-refractivity contribution < 1.29 is 9.50 Å². The molecule has 0 bridgehead atoms. The predicted octanol–water partition coefficient (Wildman–Crippen LogP) is 2.26. The van der Waals surface area contributed by atoms with E-state index in [9.17, 15) is 9.50 Å². The molecule has 0 saturated carbocycles. The highest BCUT2D eigenvalue weighted by Gasteiger charge is 2.48. The molecule has 2 aliphatic heterocycles. The van der Waals surface area contributed by atoms with E-state index < -0.39 is 17.7 Å². The van der Waals surface area contributed by atoms with Gasteiger partial charge in [-0.2, -0.15) is 10.1 Å². The highest BCUT2D eigenvalue weighted by molar-refractivity contribution is 5.60. The molecule has 0 spiro atoms. The number of likely N-dealkylation sites (N-methyl/N-ethyl adjacent to an activating group) is 1. The fourth-order valence-corrected chi connectivity index (χ4v) is 4.78. The zero-order valence-electron chi connectivity index (χ0n) is 20.6. The van der Waals surface area contributed by atoms with Crippen molar-refractivity contribution in [2.45, 2.75) is 71.6 Å². The molecule has 33 heavy (non-hydrogen) atoms. The maximum Gasteiger partial charge on any atom is 0.224 e. The first-order chi connectivity index (χ1) is 15.5. The monoisotopic (exact) mass is 461 g/mol. The summed E-state index contributed by atoms with van der Waals surface area (Å²) < 4.78 is 14.4. The van der Waals surface area contributed by atoms with E-state index in [1.165, 1.54) is 0 Å². The molecule has 0 radical (unpaired) electrons. The van der Waals surface area contributed by atoms with Gasteiger partial charge in [0.05, 0.1) is 17.4 Å². The Balaban J connectivity index is 1.58. The van der Waals surface area contributed by atoms with Crippen LogP contribution in [-0.2, 0) is 12.1 Å². The van der Waals surface area contributed by atoms with E-state index in [0.29, 0.717) is 24.9 Å². The van der Waals surface area contributed by atoms with Crippen molar-refractivity contribution >= 4 is 17.6 Å². The standard InChI is InChI=1S/C22H36FN9O/c1-8-24-19-25-9-15(23)18(27-19)26-17-14-11-32(22(5,6)16(14)28-29-17)20(33)31-12-21(3,4)30(7)10-13(31)2/h9,13,20,33H,8,10-12H2,1-7H3,(H3,24,25,26,27,28,29)/t13-,20?/m0/s1. The van der Waals surface area contributed by atoms with Crippen LogP contribution < -0.4 is 10.6 Å². The van der Waals surface area contributed by atoms with Crippen LogP contribution in [0.5, 0.6) is 0 Å². The second-order valence-electron chi connectivity index (χ2n) is 10.2. The van der Waals surface area contributed by atoms with Gasteiger partial charge in [-0.05, 0) is 48.6 Å². The first-order valence-corrected chi connectivity index (χ1v) is 11.5. The third kappa shape index (κ3) is 4.18. The van der Waals surface area contributed by atoms with Gasteiger partial charge in [-0.3, -0.25) is 19.8 Å². The second kappa shape index (κ2) is 8.46. The van der Waals surface area contributed by atoms with Gasteiger partial charge < -0.3 is 15.7 Å². The van der Waals surface area contributed by atoms with Gasteiger partial charge in [0.1, 0.15) is 0 Å². The molecule has 0 aliphatic carbocycles. The van der Waals surface area contributed by atoms with Gasteiger partial charge in [-0.1, -0.05) is 0 Å². The van der Waals surface area contributed by atoms with Crippen LogP contribution in [0.2, 0.25) is 0 Å². The number of fused-ring (bicyclic) bond motifs is 1. The van der Waals surface area contributed by atoms with E-state index in [-0.39, 0.29) is 17.4 Å². The molecule has 4 heterocycles. The normalized spacial score (nSPS) is 24.0. The lowest BCUT2D eigenvalue weighted by Gasteiger charge is -2.52. The van der Waals surface area contributed by atoms with Crippen LogP contribution in [0.3, 0.4) is 0 Å². The Bertz CT molecular complexity index is 1010. The minimum absolute atomic E-state index is 0.0469. The molecule has 10 nitrogen and oxygen atoms in total. The van der Waals surface area contributed by atoms with E-state index in [4.69, 9.17) is 0 Å². The first-order valence-electron chi connectivity index (χ1n) is 11.5. The molecular weight excluding hydrogens is 425 g/mol. The zero-order chi connectivity index (χ0) is 24.1. The Morgan fingerprint density at radius 1 is 1.30 bits per heavy atom. The lowest BCUT2D eigenvalue weighted by molar-refractivity contribution is -0.187. The Morgan fingerprint density at radius 3 is 2.73 bits per heavy atom. The van der Waals surface area contributed by atoms with Gasteiger partial charge in [0.25, 0.3) is 0 Å². The molecule has 11 heteroatoms. The number of hydrogen-bond acceptors (Lipinski definition) is 9. The Hall–Kier alpha value is -2.34. The average molecular weight is 462 g/mol. The molecule has 1 saturated heterocycles. The predicted molar refractivity (Wildman–Crippen MR) is 125 cm³/mol. The van der Waals surface area contributed by atoms with Crippen LogP contribution in [-0.4, -0.2) is 84.6 Å². The van der Waals surface area contributed by atoms with Gasteiger partial charge in [0.2, 0.25) is 5.95 Å². The van der Waals surface area contributed by atoms with Crippen molar-refractivity contribution in [2.75, 3.05) is 37.3 Å². The molecule has 0 aromatic carbocycles. The molecule has 2 aromatic rings. The number of piperazine rings is 1. The van der Waals surface area contributed by atoms with E-state index >= 15 is 0 Å². The topological polar surface area (TPSA) is 108 Å². The van der Waals surface area contributed by atoms with Crippen molar-refractivity contribution in [3.63, 3.8) is 0 Å². The SMILES string of the molecule is CCNc1ncc(F)c(Nc2n[nH]c3c2CN(C(O)N2CC(C)(C)N(C)C[C@@H]2C)C3(C)C)n1. The first kappa shape index (κ1) is 23.8. The molecule has 1 unspecified atom stereocenters. The number of aromatic nitrogens is 4. The number of aliphatic hydroxyl groups is 1. The maximum atomic E-state index is 14.4. The summed E-state index contributed by atoms with van der Waals surface area (Å²) in [5.74, 6) is 0.342. The van der Waals surface area contributed by atoms with E-state index in [1.54, 1.807) is 0 Å². The smallest absolute Gasteiger partial charge is 0.224 e. The summed E-state index contributed by atoms with van der Waals surface area (Å²) >= 11 is 0. The molecule has 182 valence electrons. The summed E-state index contributed by atoms with van der Waals surface area (Å²) in [6.07, 6.45) is 0.365. The lowest BCUT2D eigenvalue weighted by Crippen LogP contribution is -2.66. The summed E-state index contributed by atoms with van der Waals surface area (Å²) in [5, 5.41) is 25.0. The average Bonchev–Trinajstić information content (AvgIpc) is 3.25. The summed E-state index contributed by atoms with van der Waals surface area (Å²) in [4.78, 5) is 14.7. The van der Waals surface area contributed by atoms with Crippen molar-refractivity contribution in [1.29, 1.82) is 0 Å².